The first-order chi connectivity index (χ1) is 13.4. The van der Waals surface area contributed by atoms with Gasteiger partial charge in [-0.15, -0.1) is 0 Å². The SMILES string of the molecule is CCOC(=O)CCCCCCCNC(=NC)NC(C)Cc1c(C)nn(C)c1C. The Labute approximate surface area is 170 Å². The van der Waals surface area contributed by atoms with Crippen molar-refractivity contribution in [2.45, 2.75) is 78.7 Å². The van der Waals surface area contributed by atoms with Gasteiger partial charge in [0.1, 0.15) is 0 Å². The molecule has 1 rings (SSSR count). The van der Waals surface area contributed by atoms with Crippen molar-refractivity contribution < 1.29 is 9.53 Å². The summed E-state index contributed by atoms with van der Waals surface area (Å²) in [6, 6.07) is 0.274. The molecule has 7 heteroatoms. The predicted molar refractivity (Wildman–Crippen MR) is 115 cm³/mol. The van der Waals surface area contributed by atoms with Crippen LogP contribution in [0.5, 0.6) is 0 Å². The molecule has 0 bridgehead atoms. The van der Waals surface area contributed by atoms with E-state index in [9.17, 15) is 4.79 Å². The van der Waals surface area contributed by atoms with Gasteiger partial charge in [-0.25, -0.2) is 0 Å². The van der Waals surface area contributed by atoms with E-state index in [4.69, 9.17) is 4.74 Å². The molecule has 160 valence electrons. The minimum absolute atomic E-state index is 0.0789. The maximum atomic E-state index is 11.3. The van der Waals surface area contributed by atoms with Crippen molar-refractivity contribution in [3.05, 3.63) is 17.0 Å². The van der Waals surface area contributed by atoms with Gasteiger partial charge in [0, 0.05) is 38.8 Å². The number of carbonyl (C=O) groups is 1. The van der Waals surface area contributed by atoms with Crippen molar-refractivity contribution in [1.29, 1.82) is 0 Å². The number of aromatic nitrogens is 2. The lowest BCUT2D eigenvalue weighted by Gasteiger charge is -2.18. The van der Waals surface area contributed by atoms with Gasteiger partial charge in [-0.1, -0.05) is 19.3 Å². The van der Waals surface area contributed by atoms with E-state index >= 15 is 0 Å². The lowest BCUT2D eigenvalue weighted by Crippen LogP contribution is -2.43. The molecule has 0 radical (unpaired) electrons. The number of ether oxygens (including phenoxy) is 1. The largest absolute Gasteiger partial charge is 0.466 e. The van der Waals surface area contributed by atoms with E-state index in [1.807, 2.05) is 18.7 Å². The number of nitrogens with zero attached hydrogens (tertiary/aromatic N) is 3. The van der Waals surface area contributed by atoms with Gasteiger partial charge in [0.15, 0.2) is 5.96 Å². The van der Waals surface area contributed by atoms with Crippen molar-refractivity contribution in [1.82, 2.24) is 20.4 Å². The molecule has 2 N–H and O–H groups in total. The Morgan fingerprint density at radius 2 is 1.89 bits per heavy atom. The highest BCUT2D eigenvalue weighted by atomic mass is 16.5. The van der Waals surface area contributed by atoms with Crippen LogP contribution in [0.15, 0.2) is 4.99 Å². The molecule has 0 saturated heterocycles. The first-order valence-electron chi connectivity index (χ1n) is 10.5. The van der Waals surface area contributed by atoms with Crippen molar-refractivity contribution in [2.24, 2.45) is 12.0 Å². The van der Waals surface area contributed by atoms with Gasteiger partial charge in [0.05, 0.1) is 12.3 Å². The molecule has 1 unspecified atom stereocenters. The predicted octanol–water partition coefficient (Wildman–Crippen LogP) is 3.04. The van der Waals surface area contributed by atoms with Gasteiger partial charge >= 0.3 is 5.97 Å². The highest BCUT2D eigenvalue weighted by molar-refractivity contribution is 5.79. The number of guanidine groups is 1. The Kier molecular flexibility index (Phi) is 11.3. The van der Waals surface area contributed by atoms with Crippen molar-refractivity contribution >= 4 is 11.9 Å². The fraction of sp³-hybridized carbons (Fsp3) is 0.762. The van der Waals surface area contributed by atoms with E-state index in [0.29, 0.717) is 13.0 Å². The first kappa shape index (κ1) is 24.0. The van der Waals surface area contributed by atoms with Gasteiger partial charge in [-0.2, -0.15) is 5.10 Å². The van der Waals surface area contributed by atoms with E-state index in [1.165, 1.54) is 11.3 Å². The molecule has 0 aliphatic rings. The average molecular weight is 394 g/mol. The van der Waals surface area contributed by atoms with Crippen LogP contribution in [0.25, 0.3) is 0 Å². The Balaban J connectivity index is 2.19. The molecular formula is C21H39N5O2. The number of rotatable bonds is 12. The summed E-state index contributed by atoms with van der Waals surface area (Å²) >= 11 is 0. The lowest BCUT2D eigenvalue weighted by molar-refractivity contribution is -0.143. The Hall–Kier alpha value is -2.05. The zero-order valence-electron chi connectivity index (χ0n) is 18.6. The summed E-state index contributed by atoms with van der Waals surface area (Å²) in [7, 11) is 3.79. The zero-order chi connectivity index (χ0) is 20.9. The third-order valence-corrected chi connectivity index (χ3v) is 4.93. The summed E-state index contributed by atoms with van der Waals surface area (Å²) in [5, 5.41) is 11.3. The third kappa shape index (κ3) is 8.76. The second kappa shape index (κ2) is 13.2. The molecule has 1 aromatic rings. The molecule has 0 spiro atoms. The number of hydrogen-bond donors (Lipinski definition) is 2. The maximum absolute atomic E-state index is 11.3. The molecule has 1 aromatic heterocycles. The lowest BCUT2D eigenvalue weighted by atomic mass is 10.1. The number of hydrogen-bond acceptors (Lipinski definition) is 4. The van der Waals surface area contributed by atoms with Crippen LogP contribution in [0.2, 0.25) is 0 Å². The molecule has 0 aliphatic carbocycles. The van der Waals surface area contributed by atoms with Crippen molar-refractivity contribution in [3.63, 3.8) is 0 Å². The summed E-state index contributed by atoms with van der Waals surface area (Å²) < 4.78 is 6.88. The average Bonchev–Trinajstić information content (AvgIpc) is 2.89. The zero-order valence-corrected chi connectivity index (χ0v) is 18.6. The second-order valence-electron chi connectivity index (χ2n) is 7.34. The summed E-state index contributed by atoms with van der Waals surface area (Å²) in [5.41, 5.74) is 3.62. The monoisotopic (exact) mass is 393 g/mol. The molecule has 1 atom stereocenters. The van der Waals surface area contributed by atoms with E-state index in [0.717, 1.165) is 56.7 Å². The Morgan fingerprint density at radius 3 is 2.50 bits per heavy atom. The Morgan fingerprint density at radius 1 is 1.21 bits per heavy atom. The van der Waals surface area contributed by atoms with Crippen LogP contribution < -0.4 is 10.6 Å². The maximum Gasteiger partial charge on any atom is 0.305 e. The summed E-state index contributed by atoms with van der Waals surface area (Å²) in [4.78, 5) is 15.6. The summed E-state index contributed by atoms with van der Waals surface area (Å²) in [6.45, 7) is 9.56. The van der Waals surface area contributed by atoms with Crippen molar-refractivity contribution in [2.75, 3.05) is 20.2 Å². The van der Waals surface area contributed by atoms with Crippen LogP contribution >= 0.6 is 0 Å². The van der Waals surface area contributed by atoms with Crippen LogP contribution in [-0.4, -0.2) is 48.0 Å². The summed E-state index contributed by atoms with van der Waals surface area (Å²) in [6.07, 6.45) is 6.84. The number of nitrogens with one attached hydrogen (secondary N) is 2. The second-order valence-corrected chi connectivity index (χ2v) is 7.34. The molecule has 0 aliphatic heterocycles. The number of aryl methyl sites for hydroxylation is 2. The van der Waals surface area contributed by atoms with Crippen LogP contribution in [0.1, 0.15) is 69.3 Å². The van der Waals surface area contributed by atoms with Crippen LogP contribution in [0.4, 0.5) is 0 Å². The van der Waals surface area contributed by atoms with E-state index in [-0.39, 0.29) is 12.0 Å². The highest BCUT2D eigenvalue weighted by Gasteiger charge is 2.13. The quantitative estimate of drug-likeness (QED) is 0.247. The van der Waals surface area contributed by atoms with Gasteiger partial charge in [-0.05, 0) is 52.5 Å². The van der Waals surface area contributed by atoms with Crippen LogP contribution in [-0.2, 0) is 23.0 Å². The molecule has 0 saturated carbocycles. The third-order valence-electron chi connectivity index (χ3n) is 4.93. The van der Waals surface area contributed by atoms with Crippen LogP contribution in [0, 0.1) is 13.8 Å². The molecule has 28 heavy (non-hydrogen) atoms. The number of esters is 1. The first-order valence-corrected chi connectivity index (χ1v) is 10.5. The number of carbonyl (C=O) groups excluding carboxylic acids is 1. The molecule has 1 heterocycles. The molecule has 0 fully saturated rings. The number of unbranched alkanes of at least 4 members (excludes halogenated alkanes) is 4. The topological polar surface area (TPSA) is 80.5 Å². The van der Waals surface area contributed by atoms with E-state index in [2.05, 4.69) is 41.5 Å². The normalized spacial score (nSPS) is 12.7. The fourth-order valence-corrected chi connectivity index (χ4v) is 3.26. The van der Waals surface area contributed by atoms with Gasteiger partial charge in [0.2, 0.25) is 0 Å². The van der Waals surface area contributed by atoms with Gasteiger partial charge in [0.25, 0.3) is 0 Å². The fourth-order valence-electron chi connectivity index (χ4n) is 3.26. The smallest absolute Gasteiger partial charge is 0.305 e. The van der Waals surface area contributed by atoms with E-state index in [1.54, 1.807) is 7.05 Å². The van der Waals surface area contributed by atoms with E-state index < -0.39 is 0 Å². The minimum Gasteiger partial charge on any atom is -0.466 e. The Bertz CT molecular complexity index is 625. The van der Waals surface area contributed by atoms with Crippen LogP contribution in [0.3, 0.4) is 0 Å². The molecule has 0 aromatic carbocycles. The summed E-state index contributed by atoms with van der Waals surface area (Å²) in [5.74, 6) is 0.763. The van der Waals surface area contributed by atoms with Crippen molar-refractivity contribution in [3.8, 4) is 0 Å². The molecule has 7 nitrogen and oxygen atoms in total. The molecular weight excluding hydrogens is 354 g/mol. The number of aliphatic imine (C=N–C) groups is 1. The molecule has 0 amide bonds. The standard InChI is InChI=1S/C21H39N5O2/c1-7-28-20(27)13-11-9-8-10-12-14-23-21(22-5)24-16(2)15-19-17(3)25-26(6)18(19)4/h16H,7-15H2,1-6H3,(H2,22,23,24). The van der Waals surface area contributed by atoms with Gasteiger partial charge < -0.3 is 15.4 Å². The van der Waals surface area contributed by atoms with Gasteiger partial charge in [-0.3, -0.25) is 14.5 Å². The minimum atomic E-state index is -0.0789. The highest BCUT2D eigenvalue weighted by Crippen LogP contribution is 2.14.